The summed E-state index contributed by atoms with van der Waals surface area (Å²) in [5, 5.41) is 2.63. The van der Waals surface area contributed by atoms with Gasteiger partial charge in [-0.1, -0.05) is 38.1 Å². The highest BCUT2D eigenvalue weighted by molar-refractivity contribution is 5.96. The Hall–Kier alpha value is -3.46. The molecule has 5 aromatic rings. The summed E-state index contributed by atoms with van der Waals surface area (Å²) in [6, 6.07) is 20.1. The quantitative estimate of drug-likeness (QED) is 0.297. The van der Waals surface area contributed by atoms with E-state index in [-0.39, 0.29) is 0 Å². The molecule has 3 heteroatoms. The molecule has 0 unspecified atom stereocenters. The molecule has 6 rings (SSSR count). The Morgan fingerprint density at radius 3 is 2.67 bits per heavy atom. The Morgan fingerprint density at radius 1 is 1.03 bits per heavy atom. The van der Waals surface area contributed by atoms with Crippen LogP contribution in [0, 0.1) is 19.8 Å². The number of para-hydroxylation sites is 2. The first kappa shape index (κ1) is 20.2. The van der Waals surface area contributed by atoms with Crippen molar-refractivity contribution in [3.63, 3.8) is 0 Å². The predicted molar refractivity (Wildman–Crippen MR) is 136 cm³/mol. The third kappa shape index (κ3) is 3.02. The van der Waals surface area contributed by atoms with Gasteiger partial charge in [0.2, 0.25) is 5.69 Å². The normalized spacial score (nSPS) is 12.7. The lowest BCUT2D eigenvalue weighted by atomic mass is 9.89. The summed E-state index contributed by atoms with van der Waals surface area (Å²) in [6.45, 7) is 9.08. The Labute approximate surface area is 195 Å². The van der Waals surface area contributed by atoms with Crippen LogP contribution in [0.2, 0.25) is 0 Å². The molecule has 3 aromatic carbocycles. The molecule has 0 spiro atoms. The first-order valence-corrected chi connectivity index (χ1v) is 11.9. The lowest BCUT2D eigenvalue weighted by Crippen LogP contribution is -2.31. The van der Waals surface area contributed by atoms with Crippen LogP contribution >= 0.6 is 0 Å². The number of benzene rings is 3. The van der Waals surface area contributed by atoms with Crippen molar-refractivity contribution in [3.05, 3.63) is 88.9 Å². The molecule has 0 bridgehead atoms. The summed E-state index contributed by atoms with van der Waals surface area (Å²) in [6.07, 6.45) is 4.19. The van der Waals surface area contributed by atoms with Gasteiger partial charge in [-0.15, -0.1) is 0 Å². The largest absolute Gasteiger partial charge is 0.296 e. The van der Waals surface area contributed by atoms with Gasteiger partial charge in [-0.25, -0.2) is 9.55 Å². The Kier molecular flexibility index (Phi) is 4.45. The van der Waals surface area contributed by atoms with Crippen molar-refractivity contribution in [2.24, 2.45) is 13.0 Å². The van der Waals surface area contributed by atoms with Gasteiger partial charge in [0.05, 0.1) is 27.7 Å². The predicted octanol–water partition coefficient (Wildman–Crippen LogP) is 6.39. The Morgan fingerprint density at radius 2 is 1.85 bits per heavy atom. The fraction of sp³-hybridized carbons (Fsp3) is 0.267. The van der Waals surface area contributed by atoms with Crippen LogP contribution in [-0.4, -0.2) is 9.55 Å². The molecule has 0 aliphatic carbocycles. The van der Waals surface area contributed by atoms with Gasteiger partial charge in [0.15, 0.2) is 6.20 Å². The number of hydrogen-bond donors (Lipinski definition) is 0. The van der Waals surface area contributed by atoms with Crippen LogP contribution in [0.1, 0.15) is 41.9 Å². The SMILES string of the molecule is Cc1cc2c(c(-c3c4ccc(CC(C)C)cc4cc[n+]3C)c1C)Cc1nc3ccccc3n1-2. The van der Waals surface area contributed by atoms with Crippen LogP contribution in [0.25, 0.3) is 38.8 Å². The molecule has 2 aromatic heterocycles. The van der Waals surface area contributed by atoms with E-state index in [0.717, 1.165) is 24.2 Å². The molecular formula is C30H30N3+. The van der Waals surface area contributed by atoms with Gasteiger partial charge in [-0.2, -0.15) is 0 Å². The van der Waals surface area contributed by atoms with Crippen LogP contribution in [0.5, 0.6) is 0 Å². The molecule has 1 aliphatic rings. The fourth-order valence-electron chi connectivity index (χ4n) is 5.60. The highest BCUT2D eigenvalue weighted by Crippen LogP contribution is 2.41. The molecule has 0 saturated heterocycles. The number of imidazole rings is 1. The van der Waals surface area contributed by atoms with Gasteiger partial charge in [0, 0.05) is 12.5 Å². The van der Waals surface area contributed by atoms with E-state index in [2.05, 4.69) is 105 Å². The summed E-state index contributed by atoms with van der Waals surface area (Å²) in [4.78, 5) is 4.98. The van der Waals surface area contributed by atoms with Crippen molar-refractivity contribution in [1.29, 1.82) is 0 Å². The summed E-state index contributed by atoms with van der Waals surface area (Å²) >= 11 is 0. The number of pyridine rings is 1. The third-order valence-corrected chi connectivity index (χ3v) is 7.22. The van der Waals surface area contributed by atoms with E-state index < -0.39 is 0 Å². The maximum absolute atomic E-state index is 4.98. The van der Waals surface area contributed by atoms with Gasteiger partial charge in [0.25, 0.3) is 0 Å². The number of rotatable bonds is 3. The monoisotopic (exact) mass is 432 g/mol. The molecule has 0 amide bonds. The Balaban J connectivity index is 1.63. The molecule has 0 radical (unpaired) electrons. The van der Waals surface area contributed by atoms with Gasteiger partial charge in [-0.3, -0.25) is 4.57 Å². The van der Waals surface area contributed by atoms with Gasteiger partial charge in [0.1, 0.15) is 12.9 Å². The maximum Gasteiger partial charge on any atom is 0.220 e. The Bertz CT molecular complexity index is 1570. The minimum absolute atomic E-state index is 0.654. The van der Waals surface area contributed by atoms with E-state index in [1.54, 1.807) is 0 Å². The van der Waals surface area contributed by atoms with E-state index in [9.17, 15) is 0 Å². The first-order valence-electron chi connectivity index (χ1n) is 11.9. The molecule has 0 saturated carbocycles. The van der Waals surface area contributed by atoms with E-state index in [0.29, 0.717) is 5.92 Å². The van der Waals surface area contributed by atoms with Gasteiger partial charge in [-0.05, 0) is 78.1 Å². The highest BCUT2D eigenvalue weighted by atomic mass is 15.1. The minimum Gasteiger partial charge on any atom is -0.296 e. The first-order chi connectivity index (χ1) is 15.9. The topological polar surface area (TPSA) is 21.7 Å². The van der Waals surface area contributed by atoms with Crippen molar-refractivity contribution in [2.45, 2.75) is 40.5 Å². The molecule has 3 heterocycles. The van der Waals surface area contributed by atoms with Crippen LogP contribution < -0.4 is 4.57 Å². The molecule has 164 valence electrons. The average molecular weight is 433 g/mol. The smallest absolute Gasteiger partial charge is 0.220 e. The summed E-state index contributed by atoms with van der Waals surface area (Å²) in [5.74, 6) is 1.79. The van der Waals surface area contributed by atoms with E-state index >= 15 is 0 Å². The lowest BCUT2D eigenvalue weighted by molar-refractivity contribution is -0.659. The second kappa shape index (κ2) is 7.28. The number of aromatic nitrogens is 3. The van der Waals surface area contributed by atoms with Crippen molar-refractivity contribution >= 4 is 21.8 Å². The summed E-state index contributed by atoms with van der Waals surface area (Å²) < 4.78 is 4.66. The third-order valence-electron chi connectivity index (χ3n) is 7.22. The van der Waals surface area contributed by atoms with E-state index in [1.807, 2.05) is 0 Å². The van der Waals surface area contributed by atoms with E-state index in [4.69, 9.17) is 4.98 Å². The van der Waals surface area contributed by atoms with Crippen LogP contribution in [0.3, 0.4) is 0 Å². The van der Waals surface area contributed by atoms with Crippen molar-refractivity contribution in [1.82, 2.24) is 9.55 Å². The van der Waals surface area contributed by atoms with E-state index in [1.165, 1.54) is 55.5 Å². The fourth-order valence-corrected chi connectivity index (χ4v) is 5.60. The number of fused-ring (bicyclic) bond motifs is 6. The molecule has 33 heavy (non-hydrogen) atoms. The molecular weight excluding hydrogens is 402 g/mol. The van der Waals surface area contributed by atoms with Gasteiger partial charge >= 0.3 is 0 Å². The minimum atomic E-state index is 0.654. The van der Waals surface area contributed by atoms with Crippen LogP contribution in [0.4, 0.5) is 0 Å². The second-order valence-electron chi connectivity index (χ2n) is 10.0. The lowest BCUT2D eigenvalue weighted by Gasteiger charge is -2.16. The zero-order valence-electron chi connectivity index (χ0n) is 20.1. The average Bonchev–Trinajstić information content (AvgIpc) is 3.31. The summed E-state index contributed by atoms with van der Waals surface area (Å²) in [5.41, 5.74) is 11.7. The van der Waals surface area contributed by atoms with Crippen molar-refractivity contribution < 1.29 is 4.57 Å². The van der Waals surface area contributed by atoms with Crippen molar-refractivity contribution in [2.75, 3.05) is 0 Å². The zero-order valence-corrected chi connectivity index (χ0v) is 20.1. The van der Waals surface area contributed by atoms with Crippen molar-refractivity contribution in [3.8, 4) is 16.9 Å². The molecule has 0 fully saturated rings. The highest BCUT2D eigenvalue weighted by Gasteiger charge is 2.31. The number of aryl methyl sites for hydroxylation is 2. The maximum atomic E-state index is 4.98. The number of hydrogen-bond acceptors (Lipinski definition) is 1. The summed E-state index contributed by atoms with van der Waals surface area (Å²) in [7, 11) is 2.17. The molecule has 1 aliphatic heterocycles. The second-order valence-corrected chi connectivity index (χ2v) is 10.0. The molecule has 3 nitrogen and oxygen atoms in total. The zero-order chi connectivity index (χ0) is 22.9. The van der Waals surface area contributed by atoms with Crippen LogP contribution in [-0.2, 0) is 19.9 Å². The molecule has 0 atom stereocenters. The molecule has 0 N–H and O–H groups in total. The van der Waals surface area contributed by atoms with Gasteiger partial charge < -0.3 is 0 Å². The van der Waals surface area contributed by atoms with Crippen LogP contribution in [0.15, 0.2) is 60.8 Å². The number of nitrogens with zero attached hydrogens (tertiary/aromatic N) is 3. The standard InChI is InChI=1S/C30H30N3/c1-18(2)14-21-10-11-23-22(16-21)12-13-32(5)30(23)29-20(4)19(3)15-27-24(29)17-28-31-25-8-6-7-9-26(25)33(27)28/h6-13,15-16,18H,14,17H2,1-5H3/q+1.